The monoisotopic (exact) mass is 648 g/mol. The maximum atomic E-state index is 10.5. The molecule has 0 bridgehead atoms. The fraction of sp³-hybridized carbons (Fsp3) is 0.639. The number of rotatable bonds is 18. The quantitative estimate of drug-likeness (QED) is 0.0833. The van der Waals surface area contributed by atoms with Crippen LogP contribution in [0.5, 0.6) is 5.75 Å². The first kappa shape index (κ1) is 38.9. The van der Waals surface area contributed by atoms with E-state index in [1.807, 2.05) is 35.1 Å². The maximum absolute atomic E-state index is 10.5. The molecular weight excluding hydrogens is 592 g/mol. The molecule has 2 saturated carbocycles. The first-order valence-electron chi connectivity index (χ1n) is 16.6. The van der Waals surface area contributed by atoms with Crippen molar-refractivity contribution in [1.29, 1.82) is 0 Å². The van der Waals surface area contributed by atoms with Crippen molar-refractivity contribution in [3.8, 4) is 5.75 Å². The number of allylic oxidation sites excluding steroid dienone is 5. The van der Waals surface area contributed by atoms with Crippen LogP contribution in [0.3, 0.4) is 0 Å². The Balaban J connectivity index is 0.000000341. The molecule has 0 aromatic carbocycles. The molecule has 0 aliphatic heterocycles. The van der Waals surface area contributed by atoms with Crippen LogP contribution in [0.15, 0.2) is 65.4 Å². The first-order chi connectivity index (χ1) is 21.6. The van der Waals surface area contributed by atoms with Gasteiger partial charge in [-0.15, -0.1) is 11.3 Å². The van der Waals surface area contributed by atoms with Crippen LogP contribution in [-0.2, 0) is 4.79 Å². The van der Waals surface area contributed by atoms with Crippen molar-refractivity contribution in [3.05, 3.63) is 65.4 Å². The van der Waals surface area contributed by atoms with Gasteiger partial charge in [0.1, 0.15) is 18.5 Å². The summed E-state index contributed by atoms with van der Waals surface area (Å²) in [6, 6.07) is 1.83. The molecule has 8 nitrogen and oxygen atoms in total. The number of hydrogen-bond acceptors (Lipinski definition) is 8. The molecule has 9 atom stereocenters. The summed E-state index contributed by atoms with van der Waals surface area (Å²) in [7, 11) is 0. The van der Waals surface area contributed by atoms with Gasteiger partial charge in [0.25, 0.3) is 0 Å². The minimum absolute atomic E-state index is 0.128. The Morgan fingerprint density at radius 2 is 1.67 bits per heavy atom. The average Bonchev–Trinajstić information content (AvgIpc) is 3.71. The molecule has 0 saturated heterocycles. The summed E-state index contributed by atoms with van der Waals surface area (Å²) < 4.78 is 5.46. The van der Waals surface area contributed by atoms with E-state index in [1.165, 1.54) is 24.2 Å². The van der Waals surface area contributed by atoms with E-state index >= 15 is 0 Å². The maximum Gasteiger partial charge on any atom is 0.303 e. The van der Waals surface area contributed by atoms with Crippen LogP contribution in [-0.4, -0.2) is 73.7 Å². The van der Waals surface area contributed by atoms with E-state index in [1.54, 1.807) is 19.1 Å². The minimum Gasteiger partial charge on any atom is -0.490 e. The number of carboxylic acid groups (broad SMARTS) is 1. The van der Waals surface area contributed by atoms with Gasteiger partial charge in [0.05, 0.1) is 24.4 Å². The minimum atomic E-state index is -0.801. The molecule has 2 aliphatic rings. The van der Waals surface area contributed by atoms with Gasteiger partial charge in [0.2, 0.25) is 0 Å². The van der Waals surface area contributed by atoms with Crippen LogP contribution >= 0.6 is 11.3 Å². The second-order valence-corrected chi connectivity index (χ2v) is 13.1. The lowest BCUT2D eigenvalue weighted by atomic mass is 9.89. The van der Waals surface area contributed by atoms with Crippen molar-refractivity contribution in [1.82, 2.24) is 0 Å². The van der Waals surface area contributed by atoms with E-state index in [2.05, 4.69) is 25.2 Å². The number of aliphatic hydroxyl groups is 5. The number of carboxylic acids is 1. The van der Waals surface area contributed by atoms with Crippen molar-refractivity contribution in [3.63, 3.8) is 0 Å². The van der Waals surface area contributed by atoms with E-state index in [0.29, 0.717) is 37.5 Å². The first-order valence-corrected chi connectivity index (χ1v) is 17.5. The van der Waals surface area contributed by atoms with Gasteiger partial charge in [0, 0.05) is 24.1 Å². The molecular formula is C36H56O8S. The van der Waals surface area contributed by atoms with Crippen LogP contribution in [0, 0.1) is 23.7 Å². The highest BCUT2D eigenvalue weighted by Gasteiger charge is 2.39. The van der Waals surface area contributed by atoms with Crippen molar-refractivity contribution >= 4 is 17.3 Å². The zero-order valence-corrected chi connectivity index (χ0v) is 27.8. The van der Waals surface area contributed by atoms with Gasteiger partial charge in [0.15, 0.2) is 0 Å². The summed E-state index contributed by atoms with van der Waals surface area (Å²) in [4.78, 5) is 10.5. The number of hydrogen-bond donors (Lipinski definition) is 6. The SMILES string of the molecule is CCCC/C=C\C[C@H]1C(O)CCC1/C=C/C(C)O.O=C(O)CCC/C=C\C[C@H]1C(O)C[C@@H](O)C1/C=C/[C@@H](O)COc1ccsc1. The molecule has 2 fully saturated rings. The molecule has 45 heavy (non-hydrogen) atoms. The van der Waals surface area contributed by atoms with Crippen LogP contribution in [0.2, 0.25) is 0 Å². The lowest BCUT2D eigenvalue weighted by Crippen LogP contribution is -2.21. The lowest BCUT2D eigenvalue weighted by Gasteiger charge is -2.19. The highest BCUT2D eigenvalue weighted by molar-refractivity contribution is 7.08. The molecule has 1 aromatic heterocycles. The summed E-state index contributed by atoms with van der Waals surface area (Å²) in [5, 5.41) is 62.1. The molecule has 3 rings (SSSR count). The molecule has 6 N–H and O–H groups in total. The summed E-state index contributed by atoms with van der Waals surface area (Å²) in [5.41, 5.74) is 0. The second kappa shape index (κ2) is 22.3. The van der Waals surface area contributed by atoms with E-state index in [-0.39, 0.29) is 37.1 Å². The van der Waals surface area contributed by atoms with Crippen molar-refractivity contribution in [2.45, 2.75) is 115 Å². The Morgan fingerprint density at radius 1 is 0.956 bits per heavy atom. The Bertz CT molecular complexity index is 1030. The number of aliphatic carboxylic acids is 1. The van der Waals surface area contributed by atoms with Crippen LogP contribution in [0.25, 0.3) is 0 Å². The predicted octanol–water partition coefficient (Wildman–Crippen LogP) is 6.05. The molecule has 1 aromatic rings. The van der Waals surface area contributed by atoms with Crippen molar-refractivity contribution < 1.29 is 40.2 Å². The number of carbonyl (C=O) groups is 1. The largest absolute Gasteiger partial charge is 0.490 e. The molecule has 5 unspecified atom stereocenters. The Labute approximate surface area is 273 Å². The van der Waals surface area contributed by atoms with Gasteiger partial charge < -0.3 is 35.4 Å². The normalized spacial score (nSPS) is 28.3. The number of ether oxygens (including phenoxy) is 1. The fourth-order valence-corrected chi connectivity index (χ4v) is 6.49. The average molecular weight is 649 g/mol. The van der Waals surface area contributed by atoms with Gasteiger partial charge >= 0.3 is 5.97 Å². The zero-order chi connectivity index (χ0) is 33.0. The van der Waals surface area contributed by atoms with Gasteiger partial charge in [-0.1, -0.05) is 68.4 Å². The molecule has 254 valence electrons. The second-order valence-electron chi connectivity index (χ2n) is 12.3. The van der Waals surface area contributed by atoms with Gasteiger partial charge in [-0.2, -0.15) is 0 Å². The summed E-state index contributed by atoms with van der Waals surface area (Å²) in [5.74, 6) is 0.305. The number of unbranched alkanes of at least 4 members (excludes halogenated alkanes) is 3. The van der Waals surface area contributed by atoms with Gasteiger partial charge in [-0.3, -0.25) is 4.79 Å². The van der Waals surface area contributed by atoms with Gasteiger partial charge in [-0.25, -0.2) is 0 Å². The standard InChI is InChI=1S/C20H28O6S.C16H28O2/c21-14(12-26-15-9-10-27-13-15)7-8-17-16(18(22)11-19(17)23)5-3-1-2-4-6-20(24)25;1-3-4-5-6-7-8-15-14(10-9-13(2)17)11-12-16(15)18/h1,3,7-10,13-14,16-19,21-23H,2,4-6,11-12H2,(H,24,25);6-7,9-10,13-18H,3-5,8,11-12H2,1-2H3/b3-1-,8-7+;7-6-,10-9+/t14-,16-,17?,18?,19-;13?,14?,15-,16?/m11/s1. The predicted molar refractivity (Wildman–Crippen MR) is 180 cm³/mol. The third kappa shape index (κ3) is 15.7. The summed E-state index contributed by atoms with van der Waals surface area (Å²) >= 11 is 1.52. The van der Waals surface area contributed by atoms with Crippen molar-refractivity contribution in [2.24, 2.45) is 23.7 Å². The topological polar surface area (TPSA) is 148 Å². The Morgan fingerprint density at radius 3 is 2.31 bits per heavy atom. The van der Waals surface area contributed by atoms with E-state index in [4.69, 9.17) is 9.84 Å². The van der Waals surface area contributed by atoms with E-state index < -0.39 is 24.3 Å². The van der Waals surface area contributed by atoms with Crippen LogP contribution < -0.4 is 4.74 Å². The molecule has 0 spiro atoms. The smallest absolute Gasteiger partial charge is 0.303 e. The molecule has 0 radical (unpaired) electrons. The fourth-order valence-electron chi connectivity index (χ4n) is 5.92. The number of aliphatic hydroxyl groups excluding tert-OH is 5. The lowest BCUT2D eigenvalue weighted by molar-refractivity contribution is -0.137. The van der Waals surface area contributed by atoms with Crippen molar-refractivity contribution in [2.75, 3.05) is 6.61 Å². The zero-order valence-electron chi connectivity index (χ0n) is 26.9. The Hall–Kier alpha value is -2.27. The molecule has 1 heterocycles. The van der Waals surface area contributed by atoms with E-state index in [9.17, 15) is 30.3 Å². The highest BCUT2D eigenvalue weighted by Crippen LogP contribution is 2.37. The van der Waals surface area contributed by atoms with Crippen LogP contribution in [0.4, 0.5) is 0 Å². The summed E-state index contributed by atoms with van der Waals surface area (Å²) in [6.07, 6.45) is 21.9. The van der Waals surface area contributed by atoms with Crippen LogP contribution in [0.1, 0.15) is 84.5 Å². The third-order valence-corrected chi connectivity index (χ3v) is 9.16. The molecule has 2 aliphatic carbocycles. The van der Waals surface area contributed by atoms with E-state index in [0.717, 1.165) is 31.4 Å². The Kier molecular flexibility index (Phi) is 19.3. The number of thiophene rings is 1. The third-order valence-electron chi connectivity index (χ3n) is 8.50. The van der Waals surface area contributed by atoms with Gasteiger partial charge in [-0.05, 0) is 81.1 Å². The molecule has 0 amide bonds. The highest BCUT2D eigenvalue weighted by atomic mass is 32.1. The molecule has 9 heteroatoms. The summed E-state index contributed by atoms with van der Waals surface area (Å²) in [6.45, 7) is 4.10.